The van der Waals surface area contributed by atoms with Crippen LogP contribution in [0.15, 0.2) is 84.0 Å². The van der Waals surface area contributed by atoms with Gasteiger partial charge < -0.3 is 14.0 Å². The highest BCUT2D eigenvalue weighted by atomic mass is 32.2. The van der Waals surface area contributed by atoms with Crippen molar-refractivity contribution in [2.45, 2.75) is 37.3 Å². The van der Waals surface area contributed by atoms with Gasteiger partial charge in [0.15, 0.2) is 17.3 Å². The van der Waals surface area contributed by atoms with Crippen LogP contribution in [0.1, 0.15) is 10.4 Å². The Balaban J connectivity index is 1.72. The number of hydrogen-bond acceptors (Lipinski definition) is 6. The van der Waals surface area contributed by atoms with Crippen molar-refractivity contribution >= 4 is 35.1 Å². The average molecular weight is 624 g/mol. The summed E-state index contributed by atoms with van der Waals surface area (Å²) in [6.07, 6.45) is 2.91. The van der Waals surface area contributed by atoms with Gasteiger partial charge >= 0.3 is 5.97 Å². The van der Waals surface area contributed by atoms with Gasteiger partial charge in [0.05, 0.1) is 29.0 Å². The monoisotopic (exact) mass is 623 g/mol. The number of rotatable bonds is 10. The van der Waals surface area contributed by atoms with Gasteiger partial charge in [0.1, 0.15) is 6.73 Å². The first kappa shape index (κ1) is 30.3. The summed E-state index contributed by atoms with van der Waals surface area (Å²) >= 11 is 0. The second kappa shape index (κ2) is 11.9. The molecule has 12 heteroatoms. The molecule has 0 saturated heterocycles. The second-order valence-electron chi connectivity index (χ2n) is 11.2. The van der Waals surface area contributed by atoms with E-state index in [9.17, 15) is 22.0 Å². The zero-order valence-electron chi connectivity index (χ0n) is 24.2. The summed E-state index contributed by atoms with van der Waals surface area (Å²) < 4.78 is 69.3. The minimum atomic E-state index is -3.96. The van der Waals surface area contributed by atoms with Crippen LogP contribution < -0.4 is 0 Å². The number of halogens is 2. The number of nitrogens with zero attached hydrogens (tertiary/aromatic N) is 3. The summed E-state index contributed by atoms with van der Waals surface area (Å²) in [5, 5.41) is 0.496. The molecule has 0 aliphatic heterocycles. The van der Waals surface area contributed by atoms with E-state index in [4.69, 9.17) is 9.47 Å². The zero-order valence-corrected chi connectivity index (χ0v) is 26.0. The fourth-order valence-corrected chi connectivity index (χ4v) is 6.88. The number of carbonyl (C=O) groups is 1. The maximum atomic E-state index is 14.4. The van der Waals surface area contributed by atoms with Crippen LogP contribution in [0.4, 0.5) is 8.78 Å². The maximum absolute atomic E-state index is 14.4. The lowest BCUT2D eigenvalue weighted by atomic mass is 10.1. The third kappa shape index (κ3) is 6.03. The number of esters is 1. The van der Waals surface area contributed by atoms with Crippen LogP contribution >= 0.6 is 0 Å². The van der Waals surface area contributed by atoms with Crippen LogP contribution in [-0.2, 0) is 26.2 Å². The molecule has 8 nitrogen and oxygen atoms in total. The Hall–Kier alpha value is -4.13. The summed E-state index contributed by atoms with van der Waals surface area (Å²) in [6, 6.07) is 17.2. The van der Waals surface area contributed by atoms with Crippen molar-refractivity contribution in [3.8, 4) is 22.5 Å². The third-order valence-electron chi connectivity index (χ3n) is 7.04. The number of fused-ring (bicyclic) bond motifs is 1. The largest absolute Gasteiger partial charge is 0.465 e. The molecule has 5 aromatic rings. The second-order valence-corrected chi connectivity index (χ2v) is 18.7. The van der Waals surface area contributed by atoms with Crippen molar-refractivity contribution < 1.29 is 31.5 Å². The van der Waals surface area contributed by atoms with Crippen molar-refractivity contribution in [3.63, 3.8) is 0 Å². The molecule has 0 N–H and O–H groups in total. The Bertz CT molecular complexity index is 1920. The SMILES string of the molecule is COC(=O)c1cc(-c2ccnc3c2ccn3S(=O)(=O)c2ccccc2)n(COCC[Si](C)(C)C)c1-c1ccc(F)c(F)c1. The van der Waals surface area contributed by atoms with Gasteiger partial charge in [-0.3, -0.25) is 0 Å². The number of aromatic nitrogens is 3. The van der Waals surface area contributed by atoms with Gasteiger partial charge in [0.2, 0.25) is 0 Å². The molecule has 2 aromatic carbocycles. The molecule has 0 radical (unpaired) electrons. The fraction of sp³-hybridized carbons (Fsp3) is 0.226. The molecule has 0 aliphatic rings. The third-order valence-corrected chi connectivity index (χ3v) is 10.4. The molecule has 43 heavy (non-hydrogen) atoms. The lowest BCUT2D eigenvalue weighted by molar-refractivity contribution is 0.0600. The van der Waals surface area contributed by atoms with E-state index >= 15 is 0 Å². The first-order valence-corrected chi connectivity index (χ1v) is 18.7. The highest BCUT2D eigenvalue weighted by molar-refractivity contribution is 7.90. The molecule has 0 amide bonds. The summed E-state index contributed by atoms with van der Waals surface area (Å²) in [4.78, 5) is 17.5. The van der Waals surface area contributed by atoms with Gasteiger partial charge in [0.25, 0.3) is 10.0 Å². The quantitative estimate of drug-likeness (QED) is 0.0967. The van der Waals surface area contributed by atoms with Crippen molar-refractivity contribution in [3.05, 3.63) is 96.3 Å². The Morgan fingerprint density at radius 2 is 1.72 bits per heavy atom. The van der Waals surface area contributed by atoms with E-state index in [1.165, 1.54) is 37.7 Å². The number of hydrogen-bond donors (Lipinski definition) is 0. The zero-order chi connectivity index (χ0) is 30.9. The summed E-state index contributed by atoms with van der Waals surface area (Å²) in [7, 11) is -4.16. The number of methoxy groups -OCH3 is 1. The molecular formula is C31H31F2N3O5SSi. The lowest BCUT2D eigenvalue weighted by Crippen LogP contribution is -2.22. The highest BCUT2D eigenvalue weighted by Gasteiger charge is 2.27. The van der Waals surface area contributed by atoms with Crippen molar-refractivity contribution in [1.82, 2.24) is 13.5 Å². The molecule has 224 valence electrons. The Labute approximate surface area is 249 Å². The maximum Gasteiger partial charge on any atom is 0.340 e. The Morgan fingerprint density at radius 1 is 0.977 bits per heavy atom. The molecule has 0 aliphatic carbocycles. The van der Waals surface area contributed by atoms with Crippen LogP contribution in [0.3, 0.4) is 0 Å². The molecule has 3 aromatic heterocycles. The molecule has 5 rings (SSSR count). The molecule has 3 heterocycles. The molecule has 0 fully saturated rings. The molecule has 0 spiro atoms. The number of ether oxygens (including phenoxy) is 2. The molecule has 0 unspecified atom stereocenters. The van der Waals surface area contributed by atoms with E-state index in [1.54, 1.807) is 41.0 Å². The van der Waals surface area contributed by atoms with Gasteiger partial charge in [-0.15, -0.1) is 0 Å². The van der Waals surface area contributed by atoms with Crippen LogP contribution in [-0.4, -0.2) is 49.7 Å². The van der Waals surface area contributed by atoms with Crippen molar-refractivity contribution in [2.24, 2.45) is 0 Å². The molecule has 0 saturated carbocycles. The minimum Gasteiger partial charge on any atom is -0.465 e. The molecule has 0 atom stereocenters. The predicted octanol–water partition coefficient (Wildman–Crippen LogP) is 6.79. The van der Waals surface area contributed by atoms with E-state index in [2.05, 4.69) is 24.6 Å². The van der Waals surface area contributed by atoms with Gasteiger partial charge in [-0.05, 0) is 54.6 Å². The molecular weight excluding hydrogens is 593 g/mol. The highest BCUT2D eigenvalue weighted by Crippen LogP contribution is 2.37. The number of pyridine rings is 1. The molecule has 0 bridgehead atoms. The Morgan fingerprint density at radius 3 is 2.40 bits per heavy atom. The van der Waals surface area contributed by atoms with Crippen LogP contribution in [0, 0.1) is 11.6 Å². The first-order chi connectivity index (χ1) is 20.4. The van der Waals surface area contributed by atoms with E-state index < -0.39 is 35.7 Å². The van der Waals surface area contributed by atoms with E-state index in [-0.39, 0.29) is 34.1 Å². The smallest absolute Gasteiger partial charge is 0.340 e. The van der Waals surface area contributed by atoms with Crippen molar-refractivity contribution in [2.75, 3.05) is 13.7 Å². The van der Waals surface area contributed by atoms with Crippen molar-refractivity contribution in [1.29, 1.82) is 0 Å². The van der Waals surface area contributed by atoms with Gasteiger partial charge in [-0.1, -0.05) is 37.8 Å². The first-order valence-electron chi connectivity index (χ1n) is 13.5. The van der Waals surface area contributed by atoms with E-state index in [0.29, 0.717) is 23.3 Å². The van der Waals surface area contributed by atoms with Gasteiger partial charge in [-0.25, -0.2) is 30.9 Å². The van der Waals surface area contributed by atoms with Crippen LogP contribution in [0.5, 0.6) is 0 Å². The summed E-state index contributed by atoms with van der Waals surface area (Å²) in [5.41, 5.74) is 1.85. The van der Waals surface area contributed by atoms with E-state index in [0.717, 1.165) is 22.1 Å². The fourth-order valence-electron chi connectivity index (χ4n) is 4.80. The Kier molecular flexibility index (Phi) is 8.37. The van der Waals surface area contributed by atoms with Gasteiger partial charge in [-0.2, -0.15) is 0 Å². The number of carbonyl (C=O) groups excluding carboxylic acids is 1. The minimum absolute atomic E-state index is 0.0159. The summed E-state index contributed by atoms with van der Waals surface area (Å²) in [5.74, 6) is -2.78. The van der Waals surface area contributed by atoms with Crippen LogP contribution in [0.2, 0.25) is 25.7 Å². The standard InChI is InChI=1S/C31H31F2N3O5SSi/c1-40-31(37)25-19-28(35(20-41-16-17-43(2,3)4)29(25)21-10-11-26(32)27(33)18-21)23-12-14-34-30-24(23)13-15-36(30)42(38,39)22-8-6-5-7-9-22/h5-15,18-19H,16-17,20H2,1-4H3. The lowest BCUT2D eigenvalue weighted by Gasteiger charge is -2.18. The van der Waals surface area contributed by atoms with Crippen LogP contribution in [0.25, 0.3) is 33.5 Å². The predicted molar refractivity (Wildman–Crippen MR) is 163 cm³/mol. The average Bonchev–Trinajstić information content (AvgIpc) is 3.59. The summed E-state index contributed by atoms with van der Waals surface area (Å²) in [6.45, 7) is 7.11. The topological polar surface area (TPSA) is 92.4 Å². The number of benzene rings is 2. The van der Waals surface area contributed by atoms with Gasteiger partial charge in [0, 0.05) is 43.6 Å². The van der Waals surface area contributed by atoms with E-state index in [1.807, 2.05) is 0 Å². The normalized spacial score (nSPS) is 12.1.